The minimum Gasteiger partial charge on any atom is -0.354 e. The molecule has 0 atom stereocenters. The van der Waals surface area contributed by atoms with Gasteiger partial charge in [0.2, 0.25) is 5.95 Å². The highest BCUT2D eigenvalue weighted by molar-refractivity contribution is 7.10. The number of aromatic nitrogens is 2. The molecule has 2 aromatic rings. The lowest BCUT2D eigenvalue weighted by atomic mass is 10.2. The Bertz CT molecular complexity index is 510. The van der Waals surface area contributed by atoms with Gasteiger partial charge in [0, 0.05) is 17.0 Å². The van der Waals surface area contributed by atoms with Crippen LogP contribution in [-0.2, 0) is 0 Å². The lowest BCUT2D eigenvalue weighted by Crippen LogP contribution is -2.05. The van der Waals surface area contributed by atoms with Crippen LogP contribution in [0.5, 0.6) is 0 Å². The first-order valence-electron chi connectivity index (χ1n) is 5.53. The van der Waals surface area contributed by atoms with E-state index in [0.29, 0.717) is 11.6 Å². The van der Waals surface area contributed by atoms with Crippen LogP contribution in [0.3, 0.4) is 0 Å². The van der Waals surface area contributed by atoms with E-state index in [2.05, 4.69) is 22.2 Å². The van der Waals surface area contributed by atoms with Crippen LogP contribution in [0.4, 0.5) is 10.3 Å². The standard InChI is InChI=1S/C12H14FN3S/c1-3-5-14-12-15-7-10(13)11(16-12)9-4-6-17-8(9)2/h4,6-7H,3,5H2,1-2H3,(H,14,15,16). The lowest BCUT2D eigenvalue weighted by molar-refractivity contribution is 0.618. The van der Waals surface area contributed by atoms with Gasteiger partial charge < -0.3 is 5.32 Å². The summed E-state index contributed by atoms with van der Waals surface area (Å²) in [6.45, 7) is 4.80. The van der Waals surface area contributed by atoms with Crippen LogP contribution in [0.2, 0.25) is 0 Å². The summed E-state index contributed by atoms with van der Waals surface area (Å²) < 4.78 is 13.7. The molecule has 0 saturated heterocycles. The molecule has 5 heteroatoms. The predicted molar refractivity (Wildman–Crippen MR) is 68.8 cm³/mol. The Morgan fingerprint density at radius 2 is 2.29 bits per heavy atom. The second kappa shape index (κ2) is 5.23. The van der Waals surface area contributed by atoms with Crippen LogP contribution in [0, 0.1) is 12.7 Å². The second-order valence-electron chi connectivity index (χ2n) is 3.71. The molecule has 0 bridgehead atoms. The van der Waals surface area contributed by atoms with E-state index in [0.717, 1.165) is 23.4 Å². The maximum absolute atomic E-state index is 13.7. The molecule has 2 aromatic heterocycles. The largest absolute Gasteiger partial charge is 0.354 e. The zero-order valence-corrected chi connectivity index (χ0v) is 10.6. The van der Waals surface area contributed by atoms with Gasteiger partial charge in [-0.2, -0.15) is 0 Å². The van der Waals surface area contributed by atoms with E-state index in [-0.39, 0.29) is 5.82 Å². The van der Waals surface area contributed by atoms with Crippen molar-refractivity contribution in [1.29, 1.82) is 0 Å². The van der Waals surface area contributed by atoms with E-state index in [9.17, 15) is 4.39 Å². The fraction of sp³-hybridized carbons (Fsp3) is 0.333. The molecule has 3 nitrogen and oxygen atoms in total. The highest BCUT2D eigenvalue weighted by atomic mass is 32.1. The third kappa shape index (κ3) is 2.61. The summed E-state index contributed by atoms with van der Waals surface area (Å²) in [7, 11) is 0. The van der Waals surface area contributed by atoms with Crippen LogP contribution in [-0.4, -0.2) is 16.5 Å². The van der Waals surface area contributed by atoms with Crippen molar-refractivity contribution >= 4 is 17.3 Å². The third-order valence-corrected chi connectivity index (χ3v) is 3.24. The molecule has 0 amide bonds. The quantitative estimate of drug-likeness (QED) is 0.904. The van der Waals surface area contributed by atoms with Crippen molar-refractivity contribution in [2.24, 2.45) is 0 Å². The number of rotatable bonds is 4. The fourth-order valence-corrected chi connectivity index (χ4v) is 2.21. The van der Waals surface area contributed by atoms with Gasteiger partial charge in [-0.25, -0.2) is 14.4 Å². The summed E-state index contributed by atoms with van der Waals surface area (Å²) in [5, 5.41) is 4.99. The van der Waals surface area contributed by atoms with E-state index < -0.39 is 0 Å². The van der Waals surface area contributed by atoms with Crippen molar-refractivity contribution in [2.75, 3.05) is 11.9 Å². The summed E-state index contributed by atoms with van der Waals surface area (Å²) in [5.74, 6) is 0.0994. The summed E-state index contributed by atoms with van der Waals surface area (Å²) >= 11 is 1.58. The summed E-state index contributed by atoms with van der Waals surface area (Å²) in [6, 6.07) is 1.88. The first-order valence-corrected chi connectivity index (χ1v) is 6.41. The Balaban J connectivity index is 2.36. The number of anilines is 1. The zero-order valence-electron chi connectivity index (χ0n) is 9.83. The average molecular weight is 251 g/mol. The van der Waals surface area contributed by atoms with Gasteiger partial charge >= 0.3 is 0 Å². The van der Waals surface area contributed by atoms with Crippen LogP contribution in [0.25, 0.3) is 11.3 Å². The molecule has 0 radical (unpaired) electrons. The Morgan fingerprint density at radius 1 is 1.47 bits per heavy atom. The van der Waals surface area contributed by atoms with E-state index in [1.807, 2.05) is 18.4 Å². The predicted octanol–water partition coefficient (Wildman–Crippen LogP) is 3.47. The second-order valence-corrected chi connectivity index (χ2v) is 4.83. The van der Waals surface area contributed by atoms with E-state index in [1.165, 1.54) is 6.20 Å². The van der Waals surface area contributed by atoms with Crippen LogP contribution in [0.15, 0.2) is 17.6 Å². The van der Waals surface area contributed by atoms with Crippen LogP contribution >= 0.6 is 11.3 Å². The number of hydrogen-bond acceptors (Lipinski definition) is 4. The first-order chi connectivity index (χ1) is 8.22. The monoisotopic (exact) mass is 251 g/mol. The summed E-state index contributed by atoms with van der Waals surface area (Å²) in [4.78, 5) is 9.20. The highest BCUT2D eigenvalue weighted by Crippen LogP contribution is 2.28. The highest BCUT2D eigenvalue weighted by Gasteiger charge is 2.12. The van der Waals surface area contributed by atoms with Crippen molar-refractivity contribution in [3.8, 4) is 11.3 Å². The molecule has 90 valence electrons. The Hall–Kier alpha value is -1.49. The SMILES string of the molecule is CCCNc1ncc(F)c(-c2ccsc2C)n1. The van der Waals surface area contributed by atoms with Gasteiger partial charge in [-0.1, -0.05) is 6.92 Å². The Kier molecular flexibility index (Phi) is 3.68. The topological polar surface area (TPSA) is 37.8 Å². The molecule has 0 aliphatic carbocycles. The molecule has 0 unspecified atom stereocenters. The molecule has 0 spiro atoms. The van der Waals surface area contributed by atoms with Crippen molar-refractivity contribution in [1.82, 2.24) is 9.97 Å². The van der Waals surface area contributed by atoms with Gasteiger partial charge in [0.25, 0.3) is 0 Å². The van der Waals surface area contributed by atoms with Crippen molar-refractivity contribution < 1.29 is 4.39 Å². The van der Waals surface area contributed by atoms with Crippen LogP contribution in [0.1, 0.15) is 18.2 Å². The summed E-state index contributed by atoms with van der Waals surface area (Å²) in [6.07, 6.45) is 2.20. The van der Waals surface area contributed by atoms with Gasteiger partial charge in [0.15, 0.2) is 5.82 Å². The number of halogens is 1. The fourth-order valence-electron chi connectivity index (χ4n) is 1.51. The molecule has 0 aromatic carbocycles. The minimum atomic E-state index is -0.381. The minimum absolute atomic E-state index is 0.373. The molecule has 0 fully saturated rings. The van der Waals surface area contributed by atoms with Gasteiger partial charge in [0.05, 0.1) is 6.20 Å². The number of aryl methyl sites for hydroxylation is 1. The van der Waals surface area contributed by atoms with Gasteiger partial charge in [0.1, 0.15) is 5.69 Å². The molecule has 0 aliphatic heterocycles. The number of nitrogens with one attached hydrogen (secondary N) is 1. The Labute approximate surface area is 104 Å². The first kappa shape index (κ1) is 12.0. The molecule has 2 rings (SSSR count). The van der Waals surface area contributed by atoms with Gasteiger partial charge in [-0.3, -0.25) is 0 Å². The normalized spacial score (nSPS) is 10.5. The number of nitrogens with zero attached hydrogens (tertiary/aromatic N) is 2. The molecule has 0 aliphatic rings. The van der Waals surface area contributed by atoms with E-state index in [1.54, 1.807) is 11.3 Å². The number of hydrogen-bond donors (Lipinski definition) is 1. The smallest absolute Gasteiger partial charge is 0.223 e. The number of thiophene rings is 1. The van der Waals surface area contributed by atoms with E-state index >= 15 is 0 Å². The van der Waals surface area contributed by atoms with Crippen molar-refractivity contribution in [2.45, 2.75) is 20.3 Å². The Morgan fingerprint density at radius 3 is 2.94 bits per heavy atom. The van der Waals surface area contributed by atoms with Crippen molar-refractivity contribution in [3.05, 3.63) is 28.3 Å². The molecule has 2 heterocycles. The van der Waals surface area contributed by atoms with Gasteiger partial charge in [-0.15, -0.1) is 11.3 Å². The van der Waals surface area contributed by atoms with E-state index in [4.69, 9.17) is 0 Å². The molecular weight excluding hydrogens is 237 g/mol. The van der Waals surface area contributed by atoms with Crippen molar-refractivity contribution in [3.63, 3.8) is 0 Å². The molecule has 17 heavy (non-hydrogen) atoms. The van der Waals surface area contributed by atoms with Gasteiger partial charge in [-0.05, 0) is 24.8 Å². The average Bonchev–Trinajstić information content (AvgIpc) is 2.74. The molecule has 1 N–H and O–H groups in total. The zero-order chi connectivity index (χ0) is 12.3. The third-order valence-electron chi connectivity index (χ3n) is 2.39. The lowest BCUT2D eigenvalue weighted by Gasteiger charge is -2.06. The van der Waals surface area contributed by atoms with Crippen LogP contribution < -0.4 is 5.32 Å². The maximum Gasteiger partial charge on any atom is 0.223 e. The summed E-state index contributed by atoms with van der Waals surface area (Å²) in [5.41, 5.74) is 1.21. The maximum atomic E-state index is 13.7. The molecule has 0 saturated carbocycles. The molecular formula is C12H14FN3S.